The molecule has 5 nitrogen and oxygen atoms in total. The van der Waals surface area contributed by atoms with E-state index in [1.807, 2.05) is 48.5 Å². The molecule has 1 atom stereocenters. The van der Waals surface area contributed by atoms with Crippen molar-refractivity contribution in [2.24, 2.45) is 0 Å². The monoisotopic (exact) mass is 450 g/mol. The van der Waals surface area contributed by atoms with Gasteiger partial charge in [-0.15, -0.1) is 5.69 Å². The molecule has 0 aliphatic carbocycles. The molecule has 0 bridgehead atoms. The third-order valence-corrected chi connectivity index (χ3v) is 4.71. The van der Waals surface area contributed by atoms with Crippen molar-refractivity contribution in [2.45, 2.75) is 13.0 Å². The fourth-order valence-corrected chi connectivity index (χ4v) is 3.20. The van der Waals surface area contributed by atoms with Crippen molar-refractivity contribution in [3.05, 3.63) is 102 Å². The quantitative estimate of drug-likeness (QED) is 0.224. The summed E-state index contributed by atoms with van der Waals surface area (Å²) in [7, 11) is 0. The molecule has 0 aliphatic rings. The predicted molar refractivity (Wildman–Crippen MR) is 123 cm³/mol. The zero-order valence-corrected chi connectivity index (χ0v) is 17.8. The van der Waals surface area contributed by atoms with Crippen LogP contribution in [0.3, 0.4) is 0 Å². The van der Waals surface area contributed by atoms with Crippen molar-refractivity contribution in [1.82, 2.24) is 9.97 Å². The van der Waals surface area contributed by atoms with Crippen LogP contribution in [-0.2, 0) is 21.3 Å². The minimum Gasteiger partial charge on any atom is -0.670 e. The second-order valence-electron chi connectivity index (χ2n) is 6.89. The molecule has 31 heavy (non-hydrogen) atoms. The molecule has 0 saturated heterocycles. The first-order valence-electron chi connectivity index (χ1n) is 9.66. The zero-order valence-electron chi connectivity index (χ0n) is 16.8. The summed E-state index contributed by atoms with van der Waals surface area (Å²) >= 11 is 0. The minimum absolute atomic E-state index is 0. The van der Waals surface area contributed by atoms with Gasteiger partial charge in [-0.3, -0.25) is 9.97 Å². The van der Waals surface area contributed by atoms with Crippen LogP contribution in [0.4, 0.5) is 5.69 Å². The number of pyridine rings is 2. The van der Waals surface area contributed by atoms with Gasteiger partial charge in [0.25, 0.3) is 0 Å². The Morgan fingerprint density at radius 1 is 0.774 bits per heavy atom. The molecule has 1 N–H and O–H groups in total. The van der Waals surface area contributed by atoms with Gasteiger partial charge >= 0.3 is 16.5 Å². The summed E-state index contributed by atoms with van der Waals surface area (Å²) < 4.78 is 0. The molecule has 0 spiro atoms. The van der Waals surface area contributed by atoms with E-state index in [0.717, 1.165) is 32.6 Å². The van der Waals surface area contributed by atoms with Gasteiger partial charge in [0, 0.05) is 29.1 Å². The second-order valence-corrected chi connectivity index (χ2v) is 6.89. The van der Waals surface area contributed by atoms with Crippen molar-refractivity contribution in [2.75, 3.05) is 0 Å². The summed E-state index contributed by atoms with van der Waals surface area (Å²) in [6.45, 7) is 1.52. The average Bonchev–Trinajstić information content (AvgIpc) is 2.79. The Labute approximate surface area is 190 Å². The number of hydrogen-bond acceptors (Lipinski definition) is 3. The zero-order chi connectivity index (χ0) is 20.9. The third-order valence-electron chi connectivity index (χ3n) is 4.71. The summed E-state index contributed by atoms with van der Waals surface area (Å²) in [6.07, 6.45) is 3.60. The van der Waals surface area contributed by atoms with Gasteiger partial charge in [-0.1, -0.05) is 79.7 Å². The van der Waals surface area contributed by atoms with E-state index in [9.17, 15) is 4.79 Å². The maximum Gasteiger partial charge on any atom is 2.00 e. The van der Waals surface area contributed by atoms with E-state index in [1.54, 1.807) is 18.5 Å². The Morgan fingerprint density at radius 2 is 1.32 bits per heavy atom. The molecule has 5 aromatic rings. The van der Waals surface area contributed by atoms with Crippen molar-refractivity contribution >= 4 is 44.2 Å². The standard InChI is InChI=1S/C13H13N2O.C12H8N2.Ni/c1-9(14)13(16)15-12-8-4-6-10-5-2-3-7-11(10)12;1-3-9-5-6-10-4-2-8-14-12(10)11(9)13-7-1;/h2-9,14H,1H3,(H,15,16);1-8H;/q-1;;+2/p-1/t9-;;/m0../s1. The van der Waals surface area contributed by atoms with E-state index in [4.69, 9.17) is 5.73 Å². The summed E-state index contributed by atoms with van der Waals surface area (Å²) in [6, 6.07) is 24.7. The van der Waals surface area contributed by atoms with Crippen LogP contribution in [0, 0.1) is 0 Å². The number of carbonyl (C=O) groups is 1. The molecule has 0 aliphatic heterocycles. The van der Waals surface area contributed by atoms with E-state index in [0.29, 0.717) is 5.69 Å². The Hall–Kier alpha value is -3.34. The SMILES string of the molecule is C[C@H]([NH-])C(=O)[N-]c1cccc2ccccc12.[Ni+2].c1cnc2c(c1)ccc1cccnc12. The third kappa shape index (κ3) is 5.05. The Kier molecular flexibility index (Phi) is 7.29. The van der Waals surface area contributed by atoms with Gasteiger partial charge in [-0.2, -0.15) is 0 Å². The molecule has 2 heterocycles. The van der Waals surface area contributed by atoms with Crippen LogP contribution >= 0.6 is 0 Å². The number of hydrogen-bond donors (Lipinski definition) is 0. The van der Waals surface area contributed by atoms with Gasteiger partial charge in [0.05, 0.1) is 11.0 Å². The number of nitrogens with one attached hydrogen (secondary N) is 1. The smallest absolute Gasteiger partial charge is 0.670 e. The summed E-state index contributed by atoms with van der Waals surface area (Å²) in [5, 5.41) is 8.23. The first-order valence-corrected chi connectivity index (χ1v) is 9.66. The Morgan fingerprint density at radius 3 is 1.94 bits per heavy atom. The van der Waals surface area contributed by atoms with Crippen LogP contribution < -0.4 is 0 Å². The number of nitrogens with zero attached hydrogens (tertiary/aromatic N) is 3. The van der Waals surface area contributed by atoms with Crippen LogP contribution in [0.15, 0.2) is 91.3 Å². The van der Waals surface area contributed by atoms with Gasteiger partial charge in [0.1, 0.15) is 0 Å². The first kappa shape index (κ1) is 22.4. The topological polar surface area (TPSA) is 80.8 Å². The van der Waals surface area contributed by atoms with Crippen LogP contribution in [0.25, 0.3) is 43.6 Å². The van der Waals surface area contributed by atoms with E-state index in [-0.39, 0.29) is 16.5 Å². The van der Waals surface area contributed by atoms with Crippen LogP contribution in [-0.4, -0.2) is 21.9 Å². The largest absolute Gasteiger partial charge is 2.00 e. The molecular formula is C25H20N4NiO. The molecule has 156 valence electrons. The Balaban J connectivity index is 0.000000171. The molecule has 6 heteroatoms. The van der Waals surface area contributed by atoms with E-state index in [1.165, 1.54) is 6.92 Å². The fourth-order valence-electron chi connectivity index (χ4n) is 3.20. The van der Waals surface area contributed by atoms with Crippen molar-refractivity contribution in [3.63, 3.8) is 0 Å². The molecule has 1 amide bonds. The number of benzene rings is 3. The van der Waals surface area contributed by atoms with Crippen molar-refractivity contribution in [3.8, 4) is 0 Å². The number of rotatable bonds is 2. The van der Waals surface area contributed by atoms with Gasteiger partial charge in [0.2, 0.25) is 0 Å². The van der Waals surface area contributed by atoms with Crippen molar-refractivity contribution < 1.29 is 21.3 Å². The minimum atomic E-state index is -0.807. The maximum atomic E-state index is 11.4. The molecule has 2 aromatic heterocycles. The van der Waals surface area contributed by atoms with Gasteiger partial charge in [-0.25, -0.2) is 0 Å². The van der Waals surface area contributed by atoms with Gasteiger partial charge in [0.15, 0.2) is 0 Å². The normalized spacial score (nSPS) is 11.3. The van der Waals surface area contributed by atoms with Crippen LogP contribution in [0.2, 0.25) is 0 Å². The van der Waals surface area contributed by atoms with Crippen molar-refractivity contribution in [1.29, 1.82) is 0 Å². The molecule has 0 saturated carbocycles. The number of carbonyl (C=O) groups excluding carboxylic acids is 1. The molecule has 3 aromatic carbocycles. The first-order chi connectivity index (χ1) is 14.6. The fraction of sp³-hybridized carbons (Fsp3) is 0.0800. The molecule has 5 rings (SSSR count). The maximum absolute atomic E-state index is 11.4. The Bertz CT molecular complexity index is 1280. The molecule has 0 radical (unpaired) electrons. The second kappa shape index (κ2) is 10.1. The van der Waals surface area contributed by atoms with E-state index >= 15 is 0 Å². The molecule has 0 fully saturated rings. The number of fused-ring (bicyclic) bond motifs is 4. The number of aromatic nitrogens is 2. The van der Waals surface area contributed by atoms with Gasteiger partial charge < -0.3 is 15.8 Å². The molecular weight excluding hydrogens is 431 g/mol. The average molecular weight is 451 g/mol. The summed E-state index contributed by atoms with van der Waals surface area (Å²) in [5.41, 5.74) is 9.89. The summed E-state index contributed by atoms with van der Waals surface area (Å²) in [4.78, 5) is 20.1. The summed E-state index contributed by atoms with van der Waals surface area (Å²) in [5.74, 6) is -0.406. The van der Waals surface area contributed by atoms with Crippen LogP contribution in [0.1, 0.15) is 6.92 Å². The van der Waals surface area contributed by atoms with E-state index < -0.39 is 11.9 Å². The van der Waals surface area contributed by atoms with Crippen LogP contribution in [0.5, 0.6) is 0 Å². The predicted octanol–water partition coefficient (Wildman–Crippen LogP) is 6.59. The van der Waals surface area contributed by atoms with Gasteiger partial charge in [-0.05, 0) is 22.9 Å². The molecule has 0 unspecified atom stereocenters. The number of amides is 1. The van der Waals surface area contributed by atoms with E-state index in [2.05, 4.69) is 39.6 Å².